The minimum atomic E-state index is -0.0959. The summed E-state index contributed by atoms with van der Waals surface area (Å²) < 4.78 is 0. The number of benzene rings is 1. The van der Waals surface area contributed by atoms with E-state index in [9.17, 15) is 4.79 Å². The standard InChI is InChI=1S/C16H12ClN3OS2/c17-11-3-5-12(6-4-11)18-15(21)10-23-16-8-7-13(19-20-16)14-2-1-9-22-14/h1-9H,10H2,(H,18,21). The van der Waals surface area contributed by atoms with Crippen LogP contribution in [0.25, 0.3) is 10.6 Å². The van der Waals surface area contributed by atoms with Crippen LogP contribution in [0.4, 0.5) is 5.69 Å². The van der Waals surface area contributed by atoms with E-state index in [1.54, 1.807) is 35.6 Å². The van der Waals surface area contributed by atoms with E-state index in [1.165, 1.54) is 11.8 Å². The summed E-state index contributed by atoms with van der Waals surface area (Å²) in [5, 5.41) is 14.5. The number of carbonyl (C=O) groups excluding carboxylic acids is 1. The van der Waals surface area contributed by atoms with Crippen molar-refractivity contribution in [3.8, 4) is 10.6 Å². The summed E-state index contributed by atoms with van der Waals surface area (Å²) in [6.45, 7) is 0. The number of rotatable bonds is 5. The third kappa shape index (κ3) is 4.54. The lowest BCUT2D eigenvalue weighted by Gasteiger charge is -2.05. The smallest absolute Gasteiger partial charge is 0.234 e. The number of hydrogen-bond donors (Lipinski definition) is 1. The third-order valence-corrected chi connectivity index (χ3v) is 4.96. The monoisotopic (exact) mass is 361 g/mol. The first-order valence-electron chi connectivity index (χ1n) is 6.76. The highest BCUT2D eigenvalue weighted by Crippen LogP contribution is 2.23. The van der Waals surface area contributed by atoms with Crippen molar-refractivity contribution < 1.29 is 4.79 Å². The molecule has 116 valence electrons. The van der Waals surface area contributed by atoms with Gasteiger partial charge in [0.15, 0.2) is 0 Å². The van der Waals surface area contributed by atoms with Gasteiger partial charge >= 0.3 is 0 Å². The predicted octanol–water partition coefficient (Wildman–Crippen LogP) is 4.59. The molecule has 0 atom stereocenters. The van der Waals surface area contributed by atoms with Crippen molar-refractivity contribution in [1.29, 1.82) is 0 Å². The molecule has 1 N–H and O–H groups in total. The Labute approximate surface area is 146 Å². The van der Waals surface area contributed by atoms with Crippen molar-refractivity contribution in [2.75, 3.05) is 11.1 Å². The van der Waals surface area contributed by atoms with Crippen molar-refractivity contribution in [3.05, 3.63) is 58.9 Å². The number of nitrogens with zero attached hydrogens (tertiary/aromatic N) is 2. The molecule has 0 bridgehead atoms. The van der Waals surface area contributed by atoms with Gasteiger partial charge in [-0.15, -0.1) is 21.5 Å². The number of nitrogens with one attached hydrogen (secondary N) is 1. The maximum atomic E-state index is 11.9. The maximum Gasteiger partial charge on any atom is 0.234 e. The molecule has 1 amide bonds. The van der Waals surface area contributed by atoms with Crippen LogP contribution in [0.5, 0.6) is 0 Å². The Hall–Kier alpha value is -1.89. The van der Waals surface area contributed by atoms with Crippen molar-refractivity contribution >= 4 is 46.3 Å². The highest BCUT2D eigenvalue weighted by molar-refractivity contribution is 7.99. The Bertz CT molecular complexity index is 774. The summed E-state index contributed by atoms with van der Waals surface area (Å²) in [5.41, 5.74) is 1.56. The lowest BCUT2D eigenvalue weighted by molar-refractivity contribution is -0.113. The first kappa shape index (κ1) is 16.0. The Morgan fingerprint density at radius 3 is 2.61 bits per heavy atom. The normalized spacial score (nSPS) is 10.5. The second-order valence-electron chi connectivity index (χ2n) is 4.58. The second kappa shape index (κ2) is 7.59. The number of thioether (sulfide) groups is 1. The zero-order valence-electron chi connectivity index (χ0n) is 11.9. The van der Waals surface area contributed by atoms with E-state index in [1.807, 2.05) is 29.6 Å². The van der Waals surface area contributed by atoms with Crippen molar-refractivity contribution in [1.82, 2.24) is 10.2 Å². The summed E-state index contributed by atoms with van der Waals surface area (Å²) in [4.78, 5) is 13.0. The molecule has 0 fully saturated rings. The van der Waals surface area contributed by atoms with Crippen LogP contribution in [0.2, 0.25) is 5.02 Å². The van der Waals surface area contributed by atoms with Gasteiger partial charge in [0.25, 0.3) is 0 Å². The van der Waals surface area contributed by atoms with E-state index in [2.05, 4.69) is 15.5 Å². The van der Waals surface area contributed by atoms with Crippen LogP contribution in [-0.2, 0) is 4.79 Å². The van der Waals surface area contributed by atoms with Crippen molar-refractivity contribution in [3.63, 3.8) is 0 Å². The second-order valence-corrected chi connectivity index (χ2v) is 6.96. The molecule has 4 nitrogen and oxygen atoms in total. The SMILES string of the molecule is O=C(CSc1ccc(-c2cccs2)nn1)Nc1ccc(Cl)cc1. The van der Waals surface area contributed by atoms with Crippen LogP contribution in [0, 0.1) is 0 Å². The van der Waals surface area contributed by atoms with E-state index in [4.69, 9.17) is 11.6 Å². The molecular weight excluding hydrogens is 350 g/mol. The van der Waals surface area contributed by atoms with Gasteiger partial charge in [0.2, 0.25) is 5.91 Å². The van der Waals surface area contributed by atoms with Gasteiger partial charge in [-0.05, 0) is 47.8 Å². The van der Waals surface area contributed by atoms with E-state index >= 15 is 0 Å². The van der Waals surface area contributed by atoms with Crippen molar-refractivity contribution in [2.24, 2.45) is 0 Å². The van der Waals surface area contributed by atoms with Crippen LogP contribution < -0.4 is 5.32 Å². The van der Waals surface area contributed by atoms with E-state index < -0.39 is 0 Å². The predicted molar refractivity (Wildman–Crippen MR) is 96.2 cm³/mol. The van der Waals surface area contributed by atoms with Gasteiger partial charge in [0, 0.05) is 10.7 Å². The molecule has 7 heteroatoms. The number of aromatic nitrogens is 2. The van der Waals surface area contributed by atoms with Gasteiger partial charge in [-0.25, -0.2) is 0 Å². The fraction of sp³-hybridized carbons (Fsp3) is 0.0625. The zero-order chi connectivity index (χ0) is 16.1. The molecule has 0 spiro atoms. The van der Waals surface area contributed by atoms with Crippen LogP contribution in [0.3, 0.4) is 0 Å². The molecule has 2 aromatic heterocycles. The van der Waals surface area contributed by atoms with Gasteiger partial charge in [-0.3, -0.25) is 4.79 Å². The molecule has 0 aliphatic heterocycles. The molecule has 0 unspecified atom stereocenters. The quantitative estimate of drug-likeness (QED) is 0.675. The zero-order valence-corrected chi connectivity index (χ0v) is 14.3. The lowest BCUT2D eigenvalue weighted by Crippen LogP contribution is -2.14. The minimum Gasteiger partial charge on any atom is -0.325 e. The molecule has 3 aromatic rings. The number of anilines is 1. The average molecular weight is 362 g/mol. The number of hydrogen-bond acceptors (Lipinski definition) is 5. The Morgan fingerprint density at radius 1 is 1.13 bits per heavy atom. The van der Waals surface area contributed by atoms with E-state index in [0.29, 0.717) is 5.02 Å². The summed E-state index contributed by atoms with van der Waals surface area (Å²) in [6, 6.07) is 14.8. The fourth-order valence-corrected chi connectivity index (χ4v) is 3.25. The molecule has 0 saturated carbocycles. The van der Waals surface area contributed by atoms with Gasteiger partial charge in [-0.1, -0.05) is 29.4 Å². The van der Waals surface area contributed by atoms with Crippen molar-refractivity contribution in [2.45, 2.75) is 5.03 Å². The number of thiophene rings is 1. The number of halogens is 1. The molecule has 0 radical (unpaired) electrons. The van der Waals surface area contributed by atoms with E-state index in [0.717, 1.165) is 21.3 Å². The van der Waals surface area contributed by atoms with Gasteiger partial charge in [-0.2, -0.15) is 0 Å². The third-order valence-electron chi connectivity index (χ3n) is 2.89. The fourth-order valence-electron chi connectivity index (χ4n) is 1.82. The largest absolute Gasteiger partial charge is 0.325 e. The highest BCUT2D eigenvalue weighted by Gasteiger charge is 2.06. The average Bonchev–Trinajstić information content (AvgIpc) is 3.10. The Kier molecular flexibility index (Phi) is 5.27. The minimum absolute atomic E-state index is 0.0959. The molecule has 2 heterocycles. The summed E-state index contributed by atoms with van der Waals surface area (Å²) in [5.74, 6) is 0.178. The molecule has 0 aliphatic rings. The van der Waals surface area contributed by atoms with Crippen LogP contribution in [0.15, 0.2) is 58.9 Å². The maximum absolute atomic E-state index is 11.9. The van der Waals surface area contributed by atoms with Gasteiger partial charge < -0.3 is 5.32 Å². The van der Waals surface area contributed by atoms with Crippen LogP contribution in [-0.4, -0.2) is 21.9 Å². The molecule has 1 aromatic carbocycles. The van der Waals surface area contributed by atoms with Crippen LogP contribution >= 0.6 is 34.7 Å². The summed E-state index contributed by atoms with van der Waals surface area (Å²) in [6.07, 6.45) is 0. The Morgan fingerprint density at radius 2 is 1.96 bits per heavy atom. The van der Waals surface area contributed by atoms with Gasteiger partial charge in [0.1, 0.15) is 10.7 Å². The van der Waals surface area contributed by atoms with E-state index in [-0.39, 0.29) is 11.7 Å². The number of carbonyl (C=O) groups is 1. The highest BCUT2D eigenvalue weighted by atomic mass is 35.5. The van der Waals surface area contributed by atoms with Gasteiger partial charge in [0.05, 0.1) is 10.6 Å². The molecular formula is C16H12ClN3OS2. The lowest BCUT2D eigenvalue weighted by atomic mass is 10.3. The molecule has 23 heavy (non-hydrogen) atoms. The first-order valence-corrected chi connectivity index (χ1v) is 9.01. The summed E-state index contributed by atoms with van der Waals surface area (Å²) in [7, 11) is 0. The summed E-state index contributed by atoms with van der Waals surface area (Å²) >= 11 is 8.78. The Balaban J connectivity index is 1.53. The van der Waals surface area contributed by atoms with Crippen LogP contribution in [0.1, 0.15) is 0 Å². The molecule has 0 saturated heterocycles. The number of amides is 1. The first-order chi connectivity index (χ1) is 11.2. The molecule has 0 aliphatic carbocycles. The molecule has 3 rings (SSSR count). The topological polar surface area (TPSA) is 54.9 Å².